The molecule has 6 heterocycles. The van der Waals surface area contributed by atoms with E-state index in [1.807, 2.05) is 24.4 Å². The maximum absolute atomic E-state index is 13.4. The molecule has 35 heavy (non-hydrogen) atoms. The average molecular weight is 517 g/mol. The average Bonchev–Trinajstić information content (AvgIpc) is 3.48. The monoisotopic (exact) mass is 516 g/mol. The van der Waals surface area contributed by atoms with E-state index in [0.717, 1.165) is 79.5 Å². The fourth-order valence-electron chi connectivity index (χ4n) is 5.54. The van der Waals surface area contributed by atoms with Crippen LogP contribution in [0.15, 0.2) is 17.5 Å². The van der Waals surface area contributed by atoms with Gasteiger partial charge in [0.1, 0.15) is 21.6 Å². The first-order chi connectivity index (χ1) is 17.1. The van der Waals surface area contributed by atoms with Crippen molar-refractivity contribution in [1.29, 1.82) is 0 Å². The Balaban J connectivity index is 1.16. The van der Waals surface area contributed by atoms with Crippen LogP contribution in [0.4, 0.5) is 17.6 Å². The molecule has 0 radical (unpaired) electrons. The van der Waals surface area contributed by atoms with Crippen molar-refractivity contribution < 1.29 is 8.95 Å². The molecule has 0 aromatic carbocycles. The number of piperidine rings is 2. The number of aromatic nitrogens is 4. The fraction of sp³-hybridized carbons (Fsp3) is 0.609. The van der Waals surface area contributed by atoms with Crippen LogP contribution in [0, 0.1) is 6.92 Å². The Labute approximate surface area is 211 Å². The zero-order chi connectivity index (χ0) is 23.8. The Bertz CT molecular complexity index is 1180. The van der Waals surface area contributed by atoms with Crippen LogP contribution in [0.1, 0.15) is 37.8 Å². The molecule has 3 saturated heterocycles. The van der Waals surface area contributed by atoms with Gasteiger partial charge in [0.15, 0.2) is 5.82 Å². The molecule has 3 aromatic heterocycles. The number of hydrogen-bond donors (Lipinski definition) is 3. The normalized spacial score (nSPS) is 26.6. The van der Waals surface area contributed by atoms with Crippen LogP contribution in [0.2, 0.25) is 0 Å². The number of nitrogens with one attached hydrogen (secondary N) is 3. The molecule has 3 aromatic rings. The SMILES string of the molecule is Cc1cc(Nc2nc(NC3C[C@H]4CCC[C@@H](C3)N4S(=O)CN3CCOCC3)nc3sccc23)n[nH]1. The first-order valence-electron chi connectivity index (χ1n) is 12.4. The van der Waals surface area contributed by atoms with Crippen molar-refractivity contribution >= 4 is 50.1 Å². The Morgan fingerprint density at radius 3 is 2.77 bits per heavy atom. The third kappa shape index (κ3) is 5.08. The molecule has 0 spiro atoms. The second-order valence-corrected chi connectivity index (χ2v) is 11.9. The summed E-state index contributed by atoms with van der Waals surface area (Å²) in [6.45, 7) is 5.19. The summed E-state index contributed by atoms with van der Waals surface area (Å²) < 4.78 is 21.1. The van der Waals surface area contributed by atoms with Gasteiger partial charge in [0.05, 0.1) is 24.5 Å². The topological polar surface area (TPSA) is 111 Å². The number of aromatic amines is 1. The Kier molecular flexibility index (Phi) is 6.72. The number of aryl methyl sites for hydroxylation is 1. The van der Waals surface area contributed by atoms with Gasteiger partial charge in [-0.3, -0.25) is 10.00 Å². The minimum Gasteiger partial charge on any atom is -0.379 e. The molecule has 3 aliphatic rings. The summed E-state index contributed by atoms with van der Waals surface area (Å²) in [5.74, 6) is 2.76. The number of rotatable bonds is 7. The van der Waals surface area contributed by atoms with Gasteiger partial charge >= 0.3 is 0 Å². The molecule has 6 rings (SSSR count). The van der Waals surface area contributed by atoms with Crippen LogP contribution >= 0.6 is 11.3 Å². The Hall–Kier alpha value is -2.12. The molecule has 188 valence electrons. The molecular formula is C23H32N8O2S2. The van der Waals surface area contributed by atoms with Crippen LogP contribution in [-0.4, -0.2) is 83.9 Å². The number of fused-ring (bicyclic) bond motifs is 3. The lowest BCUT2D eigenvalue weighted by Gasteiger charge is -2.48. The molecule has 4 atom stereocenters. The number of anilines is 3. The van der Waals surface area contributed by atoms with E-state index in [1.165, 1.54) is 6.42 Å². The second kappa shape index (κ2) is 10.1. The molecule has 2 bridgehead atoms. The predicted octanol–water partition coefficient (Wildman–Crippen LogP) is 3.22. The summed E-state index contributed by atoms with van der Waals surface area (Å²) in [4.78, 5) is 12.8. The molecule has 2 unspecified atom stereocenters. The van der Waals surface area contributed by atoms with Crippen molar-refractivity contribution in [2.75, 3.05) is 42.8 Å². The van der Waals surface area contributed by atoms with Crippen molar-refractivity contribution in [1.82, 2.24) is 29.4 Å². The minimum atomic E-state index is -0.985. The number of ether oxygens (including phenoxy) is 1. The number of H-pyrrole nitrogens is 1. The Morgan fingerprint density at radius 1 is 1.23 bits per heavy atom. The lowest BCUT2D eigenvalue weighted by atomic mass is 9.84. The van der Waals surface area contributed by atoms with E-state index in [0.29, 0.717) is 23.9 Å². The largest absolute Gasteiger partial charge is 0.379 e. The van der Waals surface area contributed by atoms with Crippen molar-refractivity contribution in [2.24, 2.45) is 0 Å². The van der Waals surface area contributed by atoms with Crippen molar-refractivity contribution in [3.8, 4) is 0 Å². The van der Waals surface area contributed by atoms with Gasteiger partial charge in [0.2, 0.25) is 5.95 Å². The highest BCUT2D eigenvalue weighted by molar-refractivity contribution is 7.82. The Morgan fingerprint density at radius 2 is 2.03 bits per heavy atom. The van der Waals surface area contributed by atoms with E-state index in [-0.39, 0.29) is 6.04 Å². The molecule has 0 amide bonds. The minimum absolute atomic E-state index is 0.264. The summed E-state index contributed by atoms with van der Waals surface area (Å²) >= 11 is 1.61. The quantitative estimate of drug-likeness (QED) is 0.439. The molecule has 3 aliphatic heterocycles. The molecular weight excluding hydrogens is 484 g/mol. The molecule has 3 N–H and O–H groups in total. The maximum Gasteiger partial charge on any atom is 0.226 e. The van der Waals surface area contributed by atoms with E-state index >= 15 is 0 Å². The summed E-state index contributed by atoms with van der Waals surface area (Å²) in [5.41, 5.74) is 0.991. The highest BCUT2D eigenvalue weighted by Gasteiger charge is 2.41. The molecule has 0 aliphatic carbocycles. The van der Waals surface area contributed by atoms with E-state index in [2.05, 4.69) is 30.0 Å². The smallest absolute Gasteiger partial charge is 0.226 e. The first-order valence-corrected chi connectivity index (χ1v) is 14.6. The van der Waals surface area contributed by atoms with Gasteiger partial charge in [0.25, 0.3) is 0 Å². The van der Waals surface area contributed by atoms with E-state index in [1.54, 1.807) is 11.3 Å². The molecule has 0 saturated carbocycles. The van der Waals surface area contributed by atoms with Gasteiger partial charge in [-0.1, -0.05) is 6.42 Å². The van der Waals surface area contributed by atoms with Crippen LogP contribution in [0.3, 0.4) is 0 Å². The summed E-state index contributed by atoms with van der Waals surface area (Å²) in [7, 11) is -0.985. The fourth-order valence-corrected chi connectivity index (χ4v) is 8.06. The summed E-state index contributed by atoms with van der Waals surface area (Å²) in [6.07, 6.45) is 5.32. The third-order valence-corrected chi connectivity index (χ3v) is 9.61. The predicted molar refractivity (Wildman–Crippen MR) is 139 cm³/mol. The molecule has 3 fully saturated rings. The van der Waals surface area contributed by atoms with E-state index in [4.69, 9.17) is 14.7 Å². The van der Waals surface area contributed by atoms with Crippen molar-refractivity contribution in [2.45, 2.75) is 57.2 Å². The van der Waals surface area contributed by atoms with Gasteiger partial charge < -0.3 is 15.4 Å². The zero-order valence-corrected chi connectivity index (χ0v) is 21.5. The lowest BCUT2D eigenvalue weighted by Crippen LogP contribution is -2.57. The van der Waals surface area contributed by atoms with Crippen molar-refractivity contribution in [3.63, 3.8) is 0 Å². The third-order valence-electron chi connectivity index (χ3n) is 7.15. The van der Waals surface area contributed by atoms with Gasteiger partial charge in [-0.15, -0.1) is 11.3 Å². The maximum atomic E-state index is 13.4. The number of nitrogens with zero attached hydrogens (tertiary/aromatic N) is 5. The second-order valence-electron chi connectivity index (χ2n) is 9.69. The highest BCUT2D eigenvalue weighted by atomic mass is 32.2. The van der Waals surface area contributed by atoms with Crippen LogP contribution in [0.25, 0.3) is 10.2 Å². The van der Waals surface area contributed by atoms with Crippen LogP contribution < -0.4 is 10.6 Å². The number of morpholine rings is 1. The van der Waals surface area contributed by atoms with Gasteiger partial charge in [-0.05, 0) is 44.1 Å². The number of thiophene rings is 1. The molecule has 12 heteroatoms. The van der Waals surface area contributed by atoms with Crippen LogP contribution in [-0.2, 0) is 15.7 Å². The summed E-state index contributed by atoms with van der Waals surface area (Å²) in [5, 5.41) is 17.3. The van der Waals surface area contributed by atoms with Gasteiger partial charge in [-0.25, -0.2) is 13.5 Å². The highest BCUT2D eigenvalue weighted by Crippen LogP contribution is 2.37. The number of hydrogen-bond acceptors (Lipinski definition) is 9. The van der Waals surface area contributed by atoms with Gasteiger partial charge in [-0.2, -0.15) is 10.1 Å². The van der Waals surface area contributed by atoms with Gasteiger partial charge in [0, 0.05) is 43.0 Å². The van der Waals surface area contributed by atoms with E-state index < -0.39 is 11.0 Å². The standard InChI is InChI=1S/C23H32N8O2S2/c1-15-11-20(29-28-15)25-21-19-5-10-34-22(19)27-23(26-21)24-16-12-17-3-2-4-18(13-16)31(17)35(32)14-30-6-8-33-9-7-30/h5,10-11,16-18H,2-4,6-9,12-14H2,1H3,(H3,24,25,26,27,28,29)/t16?,17-,18+,35?. The van der Waals surface area contributed by atoms with Crippen molar-refractivity contribution in [3.05, 3.63) is 23.2 Å². The zero-order valence-electron chi connectivity index (χ0n) is 19.9. The lowest BCUT2D eigenvalue weighted by molar-refractivity contribution is 0.0452. The summed E-state index contributed by atoms with van der Waals surface area (Å²) in [6, 6.07) is 4.92. The molecule has 10 nitrogen and oxygen atoms in total. The first kappa shape index (κ1) is 23.3. The van der Waals surface area contributed by atoms with E-state index in [9.17, 15) is 4.21 Å². The van der Waals surface area contributed by atoms with Crippen LogP contribution in [0.5, 0.6) is 0 Å².